The average Bonchev–Trinajstić information content (AvgIpc) is 2.93. The molecule has 0 radical (unpaired) electrons. The lowest BCUT2D eigenvalue weighted by Crippen LogP contribution is -2.06. The third kappa shape index (κ3) is 1.58. The SMILES string of the molecule is CC(=O)n1ncc2cc(-n3cc(C)nn3)ccc21. The lowest BCUT2D eigenvalue weighted by molar-refractivity contribution is 0.0927. The maximum atomic E-state index is 11.4. The van der Waals surface area contributed by atoms with Crippen LogP contribution >= 0.6 is 0 Å². The van der Waals surface area contributed by atoms with Crippen LogP contribution in [0.4, 0.5) is 0 Å². The van der Waals surface area contributed by atoms with Gasteiger partial charge in [0, 0.05) is 12.3 Å². The van der Waals surface area contributed by atoms with Crippen molar-refractivity contribution < 1.29 is 4.79 Å². The van der Waals surface area contributed by atoms with Crippen molar-refractivity contribution in [2.45, 2.75) is 13.8 Å². The lowest BCUT2D eigenvalue weighted by Gasteiger charge is -2.01. The van der Waals surface area contributed by atoms with Gasteiger partial charge in [-0.05, 0) is 25.1 Å². The normalized spacial score (nSPS) is 11.0. The molecule has 6 nitrogen and oxygen atoms in total. The first-order valence-corrected chi connectivity index (χ1v) is 5.53. The van der Waals surface area contributed by atoms with Gasteiger partial charge in [-0.1, -0.05) is 5.21 Å². The van der Waals surface area contributed by atoms with E-state index in [1.54, 1.807) is 10.9 Å². The molecular formula is C12H11N5O. The Morgan fingerprint density at radius 1 is 1.33 bits per heavy atom. The van der Waals surface area contributed by atoms with Crippen molar-refractivity contribution in [2.75, 3.05) is 0 Å². The summed E-state index contributed by atoms with van der Waals surface area (Å²) in [4.78, 5) is 11.4. The van der Waals surface area contributed by atoms with Gasteiger partial charge in [0.1, 0.15) is 0 Å². The van der Waals surface area contributed by atoms with Crippen LogP contribution in [0.15, 0.2) is 30.6 Å². The van der Waals surface area contributed by atoms with E-state index >= 15 is 0 Å². The highest BCUT2D eigenvalue weighted by Crippen LogP contribution is 2.18. The molecule has 0 unspecified atom stereocenters. The number of hydrogen-bond acceptors (Lipinski definition) is 4. The molecule has 6 heteroatoms. The quantitative estimate of drug-likeness (QED) is 0.648. The molecule has 0 aliphatic carbocycles. The van der Waals surface area contributed by atoms with Crippen LogP contribution in [0.3, 0.4) is 0 Å². The highest BCUT2D eigenvalue weighted by atomic mass is 16.2. The van der Waals surface area contributed by atoms with Crippen LogP contribution in [0, 0.1) is 6.92 Å². The van der Waals surface area contributed by atoms with Gasteiger partial charge < -0.3 is 0 Å². The highest BCUT2D eigenvalue weighted by Gasteiger charge is 2.08. The predicted octanol–water partition coefficient (Wildman–Crippen LogP) is 1.59. The first-order valence-electron chi connectivity index (χ1n) is 5.53. The minimum absolute atomic E-state index is 0.102. The number of rotatable bonds is 1. The number of benzene rings is 1. The van der Waals surface area contributed by atoms with Gasteiger partial charge >= 0.3 is 0 Å². The van der Waals surface area contributed by atoms with Gasteiger partial charge in [0.25, 0.3) is 0 Å². The number of carbonyl (C=O) groups excluding carboxylic acids is 1. The van der Waals surface area contributed by atoms with Gasteiger partial charge in [0.05, 0.1) is 29.3 Å². The average molecular weight is 241 g/mol. The summed E-state index contributed by atoms with van der Waals surface area (Å²) >= 11 is 0. The number of carbonyl (C=O) groups is 1. The van der Waals surface area contributed by atoms with Crippen molar-refractivity contribution in [3.8, 4) is 5.69 Å². The Hall–Kier alpha value is -2.50. The molecule has 90 valence electrons. The minimum Gasteiger partial charge on any atom is -0.273 e. The van der Waals surface area contributed by atoms with Crippen molar-refractivity contribution in [1.29, 1.82) is 0 Å². The lowest BCUT2D eigenvalue weighted by atomic mass is 10.2. The molecular weight excluding hydrogens is 230 g/mol. The number of hydrogen-bond donors (Lipinski definition) is 0. The molecule has 0 spiro atoms. The van der Waals surface area contributed by atoms with Crippen LogP contribution < -0.4 is 0 Å². The van der Waals surface area contributed by atoms with Crippen LogP contribution in [0.2, 0.25) is 0 Å². The van der Waals surface area contributed by atoms with Gasteiger partial charge in [-0.25, -0.2) is 9.36 Å². The number of fused-ring (bicyclic) bond motifs is 1. The molecule has 0 fully saturated rings. The van der Waals surface area contributed by atoms with E-state index in [4.69, 9.17) is 0 Å². The van der Waals surface area contributed by atoms with Gasteiger partial charge in [-0.15, -0.1) is 5.10 Å². The molecule has 2 heterocycles. The van der Waals surface area contributed by atoms with Gasteiger partial charge in [0.15, 0.2) is 0 Å². The number of aryl methyl sites for hydroxylation is 1. The largest absolute Gasteiger partial charge is 0.273 e. The number of aromatic nitrogens is 5. The van der Waals surface area contributed by atoms with Crippen molar-refractivity contribution in [3.63, 3.8) is 0 Å². The van der Waals surface area contributed by atoms with E-state index in [1.165, 1.54) is 11.6 Å². The van der Waals surface area contributed by atoms with Gasteiger partial charge in [0.2, 0.25) is 5.91 Å². The van der Waals surface area contributed by atoms with Gasteiger partial charge in [-0.2, -0.15) is 5.10 Å². The summed E-state index contributed by atoms with van der Waals surface area (Å²) < 4.78 is 3.07. The summed E-state index contributed by atoms with van der Waals surface area (Å²) in [5.41, 5.74) is 2.55. The molecule has 0 saturated heterocycles. The standard InChI is InChI=1S/C12H11N5O/c1-8-7-16(15-14-8)11-3-4-12-10(5-11)6-13-17(12)9(2)18/h3-7H,1-2H3. The fourth-order valence-corrected chi connectivity index (χ4v) is 1.89. The second kappa shape index (κ2) is 3.76. The van der Waals surface area contributed by atoms with E-state index in [1.807, 2.05) is 31.3 Å². The number of nitrogens with zero attached hydrogens (tertiary/aromatic N) is 5. The molecule has 0 atom stereocenters. The van der Waals surface area contributed by atoms with Crippen LogP contribution in [0.25, 0.3) is 16.6 Å². The predicted molar refractivity (Wildman–Crippen MR) is 65.7 cm³/mol. The second-order valence-electron chi connectivity index (χ2n) is 4.12. The van der Waals surface area contributed by atoms with Crippen LogP contribution in [-0.2, 0) is 0 Å². The smallest absolute Gasteiger partial charge is 0.244 e. The Morgan fingerprint density at radius 3 is 2.83 bits per heavy atom. The zero-order valence-electron chi connectivity index (χ0n) is 10.0. The van der Waals surface area contributed by atoms with E-state index in [-0.39, 0.29) is 5.91 Å². The van der Waals surface area contributed by atoms with E-state index < -0.39 is 0 Å². The third-order valence-corrected chi connectivity index (χ3v) is 2.72. The van der Waals surface area contributed by atoms with Crippen LogP contribution in [0.5, 0.6) is 0 Å². The molecule has 0 saturated carbocycles. The first kappa shape index (κ1) is 10.6. The summed E-state index contributed by atoms with van der Waals surface area (Å²) in [6.07, 6.45) is 3.51. The third-order valence-electron chi connectivity index (χ3n) is 2.72. The Bertz CT molecular complexity index is 740. The molecule has 2 aromatic heterocycles. The Labute approximate surface area is 103 Å². The summed E-state index contributed by atoms with van der Waals surface area (Å²) in [7, 11) is 0. The molecule has 0 N–H and O–H groups in total. The van der Waals surface area contributed by atoms with Crippen molar-refractivity contribution in [1.82, 2.24) is 24.8 Å². The fourth-order valence-electron chi connectivity index (χ4n) is 1.89. The maximum Gasteiger partial charge on any atom is 0.244 e. The molecule has 1 aromatic carbocycles. The van der Waals surface area contributed by atoms with Crippen molar-refractivity contribution in [2.24, 2.45) is 0 Å². The van der Waals surface area contributed by atoms with Crippen LogP contribution in [-0.4, -0.2) is 30.7 Å². The Kier molecular flexibility index (Phi) is 2.22. The summed E-state index contributed by atoms with van der Waals surface area (Å²) in [5.74, 6) is -0.102. The van der Waals surface area contributed by atoms with Gasteiger partial charge in [-0.3, -0.25) is 4.79 Å². The maximum absolute atomic E-state index is 11.4. The molecule has 18 heavy (non-hydrogen) atoms. The zero-order chi connectivity index (χ0) is 12.7. The fraction of sp³-hybridized carbons (Fsp3) is 0.167. The molecule has 0 amide bonds. The first-order chi connectivity index (χ1) is 8.65. The second-order valence-corrected chi connectivity index (χ2v) is 4.12. The molecule has 0 aliphatic rings. The van der Waals surface area contributed by atoms with Crippen molar-refractivity contribution >= 4 is 16.8 Å². The van der Waals surface area contributed by atoms with Crippen LogP contribution in [0.1, 0.15) is 17.4 Å². The summed E-state index contributed by atoms with van der Waals surface area (Å²) in [5, 5.41) is 12.9. The molecule has 0 aliphatic heterocycles. The highest BCUT2D eigenvalue weighted by molar-refractivity contribution is 5.90. The van der Waals surface area contributed by atoms with E-state index in [0.717, 1.165) is 22.3 Å². The van der Waals surface area contributed by atoms with E-state index in [9.17, 15) is 4.79 Å². The molecule has 0 bridgehead atoms. The topological polar surface area (TPSA) is 65.6 Å². The van der Waals surface area contributed by atoms with E-state index in [2.05, 4.69) is 15.4 Å². The monoisotopic (exact) mass is 241 g/mol. The minimum atomic E-state index is -0.102. The Morgan fingerprint density at radius 2 is 2.17 bits per heavy atom. The molecule has 3 aromatic rings. The summed E-state index contributed by atoms with van der Waals surface area (Å²) in [6.45, 7) is 3.37. The molecule has 3 rings (SSSR count). The summed E-state index contributed by atoms with van der Waals surface area (Å²) in [6, 6.07) is 5.67. The van der Waals surface area contributed by atoms with E-state index in [0.29, 0.717) is 0 Å². The van der Waals surface area contributed by atoms with Crippen molar-refractivity contribution in [3.05, 3.63) is 36.3 Å². The zero-order valence-corrected chi connectivity index (χ0v) is 10.0. The Balaban J connectivity index is 2.15.